The Morgan fingerprint density at radius 1 is 0.917 bits per heavy atom. The fraction of sp³-hybridized carbons (Fsp3) is 0.542. The molecule has 0 fully saturated rings. The van der Waals surface area contributed by atoms with E-state index in [4.69, 9.17) is 22.3 Å². The highest BCUT2D eigenvalue weighted by Crippen LogP contribution is 2.08. The van der Waals surface area contributed by atoms with Gasteiger partial charge in [0.15, 0.2) is 5.96 Å². The van der Waals surface area contributed by atoms with E-state index in [0.717, 1.165) is 5.56 Å². The molecule has 0 aliphatic rings. The number of carbonyl (C=O) groups excluding carboxylic acids is 3. The van der Waals surface area contributed by atoms with Crippen LogP contribution < -0.4 is 33.2 Å². The van der Waals surface area contributed by atoms with Crippen LogP contribution in [0.3, 0.4) is 0 Å². The average molecular weight is 506 g/mol. The molecule has 1 aromatic rings. The Bertz CT molecular complexity index is 903. The fourth-order valence-electron chi connectivity index (χ4n) is 3.37. The molecule has 4 atom stereocenters. The van der Waals surface area contributed by atoms with Crippen molar-refractivity contribution in [3.05, 3.63) is 35.9 Å². The number of carboxylic acids is 1. The van der Waals surface area contributed by atoms with Crippen LogP contribution >= 0.6 is 0 Å². The average Bonchev–Trinajstić information content (AvgIpc) is 2.80. The molecule has 36 heavy (non-hydrogen) atoms. The van der Waals surface area contributed by atoms with Gasteiger partial charge in [-0.25, -0.2) is 0 Å². The molecule has 10 N–H and O–H groups in total. The van der Waals surface area contributed by atoms with Crippen molar-refractivity contribution >= 4 is 29.7 Å². The second-order valence-corrected chi connectivity index (χ2v) is 9.07. The Balaban J connectivity index is 3.07. The van der Waals surface area contributed by atoms with Crippen LogP contribution in [-0.4, -0.2) is 65.5 Å². The number of hydrogen-bond donors (Lipinski definition) is 7. The lowest BCUT2D eigenvalue weighted by Crippen LogP contribution is -2.57. The molecule has 4 unspecified atom stereocenters. The first kappa shape index (κ1) is 30.4. The summed E-state index contributed by atoms with van der Waals surface area (Å²) in [5, 5.41) is 16.9. The molecule has 1 rings (SSSR count). The van der Waals surface area contributed by atoms with Gasteiger partial charge in [0, 0.05) is 13.0 Å². The maximum Gasteiger partial charge on any atom is 0.325 e. The zero-order valence-corrected chi connectivity index (χ0v) is 21.1. The Morgan fingerprint density at radius 2 is 1.50 bits per heavy atom. The van der Waals surface area contributed by atoms with Gasteiger partial charge in [-0.1, -0.05) is 44.2 Å². The highest BCUT2D eigenvalue weighted by molar-refractivity contribution is 5.94. The molecular formula is C24H39N7O5. The molecule has 12 heteroatoms. The van der Waals surface area contributed by atoms with Gasteiger partial charge in [0.05, 0.1) is 6.04 Å². The number of benzene rings is 1. The number of aliphatic carboxylic acids is 1. The maximum absolute atomic E-state index is 13.2. The summed E-state index contributed by atoms with van der Waals surface area (Å²) >= 11 is 0. The molecule has 0 saturated heterocycles. The maximum atomic E-state index is 13.2. The van der Waals surface area contributed by atoms with E-state index in [1.54, 1.807) is 24.3 Å². The molecule has 0 aliphatic carbocycles. The Labute approximate surface area is 211 Å². The molecule has 0 saturated carbocycles. The van der Waals surface area contributed by atoms with E-state index in [1.807, 2.05) is 19.9 Å². The first-order valence-corrected chi connectivity index (χ1v) is 11.9. The van der Waals surface area contributed by atoms with Gasteiger partial charge in [-0.05, 0) is 37.7 Å². The van der Waals surface area contributed by atoms with Crippen molar-refractivity contribution in [3.63, 3.8) is 0 Å². The van der Waals surface area contributed by atoms with E-state index in [2.05, 4.69) is 20.9 Å². The van der Waals surface area contributed by atoms with Crippen LogP contribution in [0.1, 0.15) is 45.6 Å². The van der Waals surface area contributed by atoms with Crippen molar-refractivity contribution in [3.8, 4) is 0 Å². The van der Waals surface area contributed by atoms with Gasteiger partial charge < -0.3 is 38.3 Å². The van der Waals surface area contributed by atoms with Crippen LogP contribution in [0.4, 0.5) is 0 Å². The first-order valence-electron chi connectivity index (χ1n) is 11.9. The number of nitrogens with two attached hydrogens (primary N) is 3. The molecule has 200 valence electrons. The van der Waals surface area contributed by atoms with Gasteiger partial charge in [-0.2, -0.15) is 0 Å². The predicted octanol–water partition coefficient (Wildman–Crippen LogP) is -0.785. The fourth-order valence-corrected chi connectivity index (χ4v) is 3.37. The van der Waals surface area contributed by atoms with Crippen molar-refractivity contribution in [2.45, 2.75) is 70.6 Å². The second kappa shape index (κ2) is 15.4. The molecule has 0 aliphatic heterocycles. The Kier molecular flexibility index (Phi) is 12.9. The van der Waals surface area contributed by atoms with E-state index in [0.29, 0.717) is 12.8 Å². The topological polar surface area (TPSA) is 215 Å². The highest BCUT2D eigenvalue weighted by atomic mass is 16.4. The lowest BCUT2D eigenvalue weighted by molar-refractivity contribution is -0.141. The number of nitrogens with one attached hydrogen (secondary N) is 3. The van der Waals surface area contributed by atoms with Gasteiger partial charge >= 0.3 is 5.97 Å². The van der Waals surface area contributed by atoms with E-state index in [1.165, 1.54) is 6.92 Å². The van der Waals surface area contributed by atoms with Crippen LogP contribution in [0, 0.1) is 5.92 Å². The zero-order valence-electron chi connectivity index (χ0n) is 21.1. The Morgan fingerprint density at radius 3 is 2.06 bits per heavy atom. The number of guanidine groups is 1. The van der Waals surface area contributed by atoms with Crippen LogP contribution in [0.25, 0.3) is 0 Å². The number of rotatable bonds is 15. The predicted molar refractivity (Wildman–Crippen MR) is 137 cm³/mol. The van der Waals surface area contributed by atoms with E-state index < -0.39 is 47.9 Å². The number of nitrogens with zero attached hydrogens (tertiary/aromatic N) is 1. The number of hydrogen-bond acceptors (Lipinski definition) is 6. The minimum Gasteiger partial charge on any atom is -0.480 e. The molecular weight excluding hydrogens is 466 g/mol. The summed E-state index contributed by atoms with van der Waals surface area (Å²) in [6.45, 7) is 5.42. The summed E-state index contributed by atoms with van der Waals surface area (Å²) in [6, 6.07) is 4.90. The molecule has 0 spiro atoms. The monoisotopic (exact) mass is 505 g/mol. The summed E-state index contributed by atoms with van der Waals surface area (Å²) in [7, 11) is 0. The summed E-state index contributed by atoms with van der Waals surface area (Å²) in [5.41, 5.74) is 17.4. The normalized spacial score (nSPS) is 14.1. The van der Waals surface area contributed by atoms with Crippen molar-refractivity contribution in [1.29, 1.82) is 0 Å². The van der Waals surface area contributed by atoms with E-state index >= 15 is 0 Å². The van der Waals surface area contributed by atoms with Crippen LogP contribution in [0.2, 0.25) is 0 Å². The number of carboxylic acid groups (broad SMARTS) is 1. The SMILES string of the molecule is CC(C)CC(N)C(=O)NC(CCCN=C(N)N)C(=O)NC(Cc1ccccc1)C(=O)NC(C)C(=O)O. The highest BCUT2D eigenvalue weighted by Gasteiger charge is 2.29. The van der Waals surface area contributed by atoms with Gasteiger partial charge in [-0.15, -0.1) is 0 Å². The van der Waals surface area contributed by atoms with Gasteiger partial charge in [0.2, 0.25) is 17.7 Å². The van der Waals surface area contributed by atoms with Crippen molar-refractivity contribution in [2.75, 3.05) is 6.54 Å². The number of aliphatic imine (C=N–C) groups is 1. The lowest BCUT2D eigenvalue weighted by Gasteiger charge is -2.25. The van der Waals surface area contributed by atoms with Crippen LogP contribution in [0.5, 0.6) is 0 Å². The van der Waals surface area contributed by atoms with Crippen molar-refractivity contribution < 1.29 is 24.3 Å². The van der Waals surface area contributed by atoms with Gasteiger partial charge in [-0.3, -0.25) is 24.2 Å². The molecule has 3 amide bonds. The summed E-state index contributed by atoms with van der Waals surface area (Å²) in [5.74, 6) is -2.89. The van der Waals surface area contributed by atoms with Crippen molar-refractivity contribution in [1.82, 2.24) is 16.0 Å². The smallest absolute Gasteiger partial charge is 0.325 e. The molecule has 0 heterocycles. The van der Waals surface area contributed by atoms with Gasteiger partial charge in [0.1, 0.15) is 18.1 Å². The van der Waals surface area contributed by atoms with E-state index in [9.17, 15) is 19.2 Å². The first-order chi connectivity index (χ1) is 16.9. The minimum atomic E-state index is -1.21. The van der Waals surface area contributed by atoms with Crippen molar-refractivity contribution in [2.24, 2.45) is 28.1 Å². The number of carbonyl (C=O) groups is 4. The molecule has 1 aromatic carbocycles. The molecule has 0 aromatic heterocycles. The Hall–Kier alpha value is -3.67. The minimum absolute atomic E-state index is 0.0915. The number of amides is 3. The third-order valence-corrected chi connectivity index (χ3v) is 5.29. The lowest BCUT2D eigenvalue weighted by atomic mass is 10.0. The second-order valence-electron chi connectivity index (χ2n) is 9.07. The van der Waals surface area contributed by atoms with Gasteiger partial charge in [0.25, 0.3) is 0 Å². The van der Waals surface area contributed by atoms with Crippen LogP contribution in [0.15, 0.2) is 35.3 Å². The zero-order chi connectivity index (χ0) is 27.3. The largest absolute Gasteiger partial charge is 0.480 e. The summed E-state index contributed by atoms with van der Waals surface area (Å²) in [4.78, 5) is 53.8. The molecule has 0 radical (unpaired) electrons. The van der Waals surface area contributed by atoms with Crippen LogP contribution in [-0.2, 0) is 25.6 Å². The third kappa shape index (κ3) is 11.6. The van der Waals surface area contributed by atoms with E-state index in [-0.39, 0.29) is 31.3 Å². The standard InChI is InChI=1S/C24H39N7O5/c1-14(2)12-17(25)20(32)30-18(10-7-11-28-24(26)27)21(33)31-19(13-16-8-5-4-6-9-16)22(34)29-15(3)23(35)36/h4-6,8-9,14-15,17-19H,7,10-13,25H2,1-3H3,(H,29,34)(H,30,32)(H,31,33)(H,35,36)(H4,26,27,28). The quantitative estimate of drug-likeness (QED) is 0.0908. The summed E-state index contributed by atoms with van der Waals surface area (Å²) < 4.78 is 0. The third-order valence-electron chi connectivity index (χ3n) is 5.29. The molecule has 12 nitrogen and oxygen atoms in total. The summed E-state index contributed by atoms with van der Waals surface area (Å²) in [6.07, 6.45) is 1.11. The molecule has 0 bridgehead atoms.